The molecule has 2 saturated heterocycles. The van der Waals surface area contributed by atoms with E-state index in [1.54, 1.807) is 0 Å². The molecule has 3 aliphatic heterocycles. The molecule has 1 aromatic carbocycles. The molecule has 4 aliphatic rings. The summed E-state index contributed by atoms with van der Waals surface area (Å²) in [6.45, 7) is 10.3. The number of carbonyl (C=O) groups excluding carboxylic acids is 3. The number of benzene rings is 1. The fourth-order valence-electron chi connectivity index (χ4n) is 5.29. The molecule has 5 rings (SSSR count). The van der Waals surface area contributed by atoms with Gasteiger partial charge in [-0.25, -0.2) is 0 Å². The summed E-state index contributed by atoms with van der Waals surface area (Å²) < 4.78 is 0. The zero-order valence-electron chi connectivity index (χ0n) is 16.4. The number of nitrogens with zero attached hydrogens (tertiary/aromatic N) is 2. The first-order chi connectivity index (χ1) is 13.3. The van der Waals surface area contributed by atoms with Crippen molar-refractivity contribution in [2.45, 2.75) is 51.6 Å². The summed E-state index contributed by atoms with van der Waals surface area (Å²) in [5.74, 6) is -0.997. The molecule has 1 N–H and O–H groups in total. The number of allylic oxidation sites excluding steroid dienone is 1. The Bertz CT molecular complexity index is 896. The summed E-state index contributed by atoms with van der Waals surface area (Å²) in [4.78, 5) is 42.0. The summed E-state index contributed by atoms with van der Waals surface area (Å²) in [5.41, 5.74) is 4.18. The highest BCUT2D eigenvalue weighted by atomic mass is 16.2. The van der Waals surface area contributed by atoms with Gasteiger partial charge in [-0.2, -0.15) is 0 Å². The first kappa shape index (κ1) is 17.6. The second-order valence-corrected chi connectivity index (χ2v) is 9.15. The van der Waals surface area contributed by atoms with E-state index in [1.807, 2.05) is 12.1 Å². The minimum atomic E-state index is -0.745. The Morgan fingerprint density at radius 3 is 2.14 bits per heavy atom. The summed E-state index contributed by atoms with van der Waals surface area (Å²) in [6, 6.07) is 3.63. The standard InChI is InChI=1S/C22H25N3O3/c1-12(2)24-10-22(11-24)8-14-6-16-17(7-15(14)9-22)21(28)25(20(16)27)18-5-4-13(3)23-19(18)26/h6-7,12,18H,3-5,8-11H2,1-2H3,(H,23,26). The molecule has 6 heteroatoms. The number of likely N-dealkylation sites (tertiary alicyclic amines) is 1. The summed E-state index contributed by atoms with van der Waals surface area (Å²) in [6.07, 6.45) is 2.94. The molecular formula is C22H25N3O3. The normalized spacial score (nSPS) is 26.0. The Kier molecular flexibility index (Phi) is 3.63. The van der Waals surface area contributed by atoms with Crippen LogP contribution in [0.5, 0.6) is 0 Å². The van der Waals surface area contributed by atoms with Crippen LogP contribution in [0.25, 0.3) is 0 Å². The van der Waals surface area contributed by atoms with E-state index >= 15 is 0 Å². The highest BCUT2D eigenvalue weighted by molar-refractivity contribution is 6.23. The van der Waals surface area contributed by atoms with E-state index in [9.17, 15) is 14.4 Å². The summed E-state index contributed by atoms with van der Waals surface area (Å²) in [7, 11) is 0. The number of hydrogen-bond acceptors (Lipinski definition) is 4. The van der Waals surface area contributed by atoms with Gasteiger partial charge >= 0.3 is 0 Å². The number of rotatable bonds is 2. The summed E-state index contributed by atoms with van der Waals surface area (Å²) >= 11 is 0. The van der Waals surface area contributed by atoms with E-state index in [-0.39, 0.29) is 23.1 Å². The molecule has 2 fully saturated rings. The third kappa shape index (κ3) is 2.40. The number of imide groups is 1. The Morgan fingerprint density at radius 1 is 1.07 bits per heavy atom. The van der Waals surface area contributed by atoms with Crippen LogP contribution in [0.4, 0.5) is 0 Å². The number of carbonyl (C=O) groups is 3. The van der Waals surface area contributed by atoms with E-state index < -0.39 is 6.04 Å². The molecule has 0 aromatic heterocycles. The van der Waals surface area contributed by atoms with Gasteiger partial charge in [0.1, 0.15) is 6.04 Å². The lowest BCUT2D eigenvalue weighted by molar-refractivity contribution is -0.125. The average molecular weight is 379 g/mol. The van der Waals surface area contributed by atoms with Crippen molar-refractivity contribution in [2.24, 2.45) is 5.41 Å². The number of hydrogen-bond donors (Lipinski definition) is 1. The Hall–Kier alpha value is -2.47. The highest BCUT2D eigenvalue weighted by Gasteiger charge is 2.50. The molecule has 6 nitrogen and oxygen atoms in total. The molecule has 28 heavy (non-hydrogen) atoms. The fraction of sp³-hybridized carbons (Fsp3) is 0.500. The highest BCUT2D eigenvalue weighted by Crippen LogP contribution is 2.46. The van der Waals surface area contributed by atoms with Crippen LogP contribution in [-0.2, 0) is 17.6 Å². The van der Waals surface area contributed by atoms with Gasteiger partial charge in [0, 0.05) is 30.2 Å². The lowest BCUT2D eigenvalue weighted by Gasteiger charge is -2.50. The van der Waals surface area contributed by atoms with Crippen LogP contribution in [0.2, 0.25) is 0 Å². The maximum atomic E-state index is 13.0. The number of piperidine rings is 1. The molecule has 0 bridgehead atoms. The molecule has 3 heterocycles. The monoisotopic (exact) mass is 379 g/mol. The number of amides is 3. The van der Waals surface area contributed by atoms with Gasteiger partial charge in [-0.05, 0) is 62.8 Å². The quantitative estimate of drug-likeness (QED) is 0.797. The Morgan fingerprint density at radius 2 is 1.64 bits per heavy atom. The molecule has 0 saturated carbocycles. The van der Waals surface area contributed by atoms with Crippen LogP contribution in [-0.4, -0.2) is 52.7 Å². The van der Waals surface area contributed by atoms with Crippen molar-refractivity contribution >= 4 is 17.7 Å². The number of nitrogens with one attached hydrogen (secondary N) is 1. The maximum Gasteiger partial charge on any atom is 0.262 e. The van der Waals surface area contributed by atoms with E-state index in [0.29, 0.717) is 35.7 Å². The van der Waals surface area contributed by atoms with Crippen molar-refractivity contribution < 1.29 is 14.4 Å². The van der Waals surface area contributed by atoms with Crippen LogP contribution in [0.15, 0.2) is 24.4 Å². The molecule has 3 amide bonds. The van der Waals surface area contributed by atoms with Crippen molar-refractivity contribution in [1.29, 1.82) is 0 Å². The zero-order chi connectivity index (χ0) is 19.8. The topological polar surface area (TPSA) is 69.7 Å². The van der Waals surface area contributed by atoms with Gasteiger partial charge in [0.15, 0.2) is 0 Å². The van der Waals surface area contributed by atoms with Gasteiger partial charge in [0.05, 0.1) is 11.1 Å². The molecular weight excluding hydrogens is 354 g/mol. The van der Waals surface area contributed by atoms with Crippen molar-refractivity contribution in [1.82, 2.24) is 15.1 Å². The lowest BCUT2D eigenvalue weighted by atomic mass is 9.76. The smallest absolute Gasteiger partial charge is 0.262 e. The van der Waals surface area contributed by atoms with Crippen molar-refractivity contribution in [3.05, 3.63) is 46.7 Å². The van der Waals surface area contributed by atoms with Crippen LogP contribution in [0.3, 0.4) is 0 Å². The molecule has 1 atom stereocenters. The lowest BCUT2D eigenvalue weighted by Crippen LogP contribution is -2.59. The van der Waals surface area contributed by atoms with Gasteiger partial charge in [0.2, 0.25) is 5.91 Å². The molecule has 146 valence electrons. The van der Waals surface area contributed by atoms with Crippen LogP contribution in [0.1, 0.15) is 58.5 Å². The van der Waals surface area contributed by atoms with Gasteiger partial charge in [-0.15, -0.1) is 0 Å². The molecule has 0 radical (unpaired) electrons. The maximum absolute atomic E-state index is 13.0. The SMILES string of the molecule is C=C1CCC(N2C(=O)c3cc4c(cc3C2=O)CC2(C4)CN(C(C)C)C2)C(=O)N1. The number of fused-ring (bicyclic) bond motifs is 2. The van der Waals surface area contributed by atoms with Gasteiger partial charge in [0.25, 0.3) is 11.8 Å². The third-order valence-electron chi connectivity index (χ3n) is 6.81. The van der Waals surface area contributed by atoms with Crippen LogP contribution in [0, 0.1) is 5.41 Å². The van der Waals surface area contributed by atoms with E-state index in [4.69, 9.17) is 0 Å². The Balaban J connectivity index is 1.41. The van der Waals surface area contributed by atoms with Crippen molar-refractivity contribution in [3.8, 4) is 0 Å². The van der Waals surface area contributed by atoms with Crippen LogP contribution < -0.4 is 5.32 Å². The van der Waals surface area contributed by atoms with Gasteiger partial charge < -0.3 is 5.32 Å². The summed E-state index contributed by atoms with van der Waals surface area (Å²) in [5, 5.41) is 2.67. The van der Waals surface area contributed by atoms with Crippen molar-refractivity contribution in [2.75, 3.05) is 13.1 Å². The predicted octanol–water partition coefficient (Wildman–Crippen LogP) is 1.88. The molecule has 1 unspecified atom stereocenters. The average Bonchev–Trinajstić information content (AvgIpc) is 3.09. The van der Waals surface area contributed by atoms with Crippen molar-refractivity contribution in [3.63, 3.8) is 0 Å². The second-order valence-electron chi connectivity index (χ2n) is 9.15. The van der Waals surface area contributed by atoms with Gasteiger partial charge in [-0.1, -0.05) is 6.58 Å². The van der Waals surface area contributed by atoms with Gasteiger partial charge in [-0.3, -0.25) is 24.2 Å². The van der Waals surface area contributed by atoms with E-state index in [1.165, 1.54) is 11.1 Å². The first-order valence-corrected chi connectivity index (χ1v) is 10.0. The molecule has 1 spiro atoms. The molecule has 1 aliphatic carbocycles. The predicted molar refractivity (Wildman–Crippen MR) is 104 cm³/mol. The molecule has 1 aromatic rings. The zero-order valence-corrected chi connectivity index (χ0v) is 16.4. The third-order valence-corrected chi connectivity index (χ3v) is 6.81. The minimum Gasteiger partial charge on any atom is -0.329 e. The first-order valence-electron chi connectivity index (χ1n) is 10.0. The Labute approximate surface area is 164 Å². The fourth-order valence-corrected chi connectivity index (χ4v) is 5.29. The minimum absolute atomic E-state index is 0.261. The van der Waals surface area contributed by atoms with E-state index in [0.717, 1.165) is 30.8 Å². The van der Waals surface area contributed by atoms with E-state index in [2.05, 4.69) is 30.6 Å². The van der Waals surface area contributed by atoms with Crippen LogP contribution >= 0.6 is 0 Å². The second kappa shape index (κ2) is 5.77. The largest absolute Gasteiger partial charge is 0.329 e.